The van der Waals surface area contributed by atoms with Crippen LogP contribution in [0.2, 0.25) is 0 Å². The maximum Gasteiger partial charge on any atom is 0.149 e. The monoisotopic (exact) mass is 156 g/mol. The lowest BCUT2D eigenvalue weighted by molar-refractivity contribution is -0.121. The van der Waals surface area contributed by atoms with Crippen molar-refractivity contribution in [2.45, 2.75) is 39.2 Å². The first-order valence-electron chi connectivity index (χ1n) is 4.21. The van der Waals surface area contributed by atoms with E-state index in [0.717, 1.165) is 6.42 Å². The van der Waals surface area contributed by atoms with Gasteiger partial charge in [0.25, 0.3) is 0 Å². The van der Waals surface area contributed by atoms with Crippen molar-refractivity contribution in [2.75, 3.05) is 0 Å². The Morgan fingerprint density at radius 2 is 2.18 bits per heavy atom. The molecule has 2 heteroatoms. The standard InChI is InChI=1S/C9H18NO/c1-4-6-8(11)9(10)7(3)5-2/h7,9H,1,4-6,10H2,2-3H3/t7-,9-/m0/s1. The molecule has 1 radical (unpaired) electrons. The highest BCUT2D eigenvalue weighted by molar-refractivity contribution is 5.84. The molecular formula is C9H18NO. The van der Waals surface area contributed by atoms with Crippen LogP contribution < -0.4 is 5.73 Å². The lowest BCUT2D eigenvalue weighted by Crippen LogP contribution is -2.36. The molecule has 0 aliphatic rings. The largest absolute Gasteiger partial charge is 0.321 e. The van der Waals surface area contributed by atoms with Crippen LogP contribution in [0.3, 0.4) is 0 Å². The number of nitrogens with two attached hydrogens (primary N) is 1. The van der Waals surface area contributed by atoms with Crippen molar-refractivity contribution in [3.63, 3.8) is 0 Å². The van der Waals surface area contributed by atoms with E-state index in [1.54, 1.807) is 0 Å². The van der Waals surface area contributed by atoms with Crippen molar-refractivity contribution in [2.24, 2.45) is 11.7 Å². The third-order valence-corrected chi connectivity index (χ3v) is 2.05. The summed E-state index contributed by atoms with van der Waals surface area (Å²) in [6.07, 6.45) is 2.14. The summed E-state index contributed by atoms with van der Waals surface area (Å²) in [5.74, 6) is 0.448. The van der Waals surface area contributed by atoms with E-state index < -0.39 is 0 Å². The van der Waals surface area contributed by atoms with Gasteiger partial charge in [-0.25, -0.2) is 0 Å². The second-order valence-electron chi connectivity index (χ2n) is 2.98. The topological polar surface area (TPSA) is 43.1 Å². The molecule has 65 valence electrons. The first-order valence-corrected chi connectivity index (χ1v) is 4.21. The highest BCUT2D eigenvalue weighted by Gasteiger charge is 2.17. The van der Waals surface area contributed by atoms with Crippen LogP contribution in [0.15, 0.2) is 0 Å². The smallest absolute Gasteiger partial charge is 0.149 e. The molecule has 0 aliphatic heterocycles. The van der Waals surface area contributed by atoms with Gasteiger partial charge < -0.3 is 5.73 Å². The Bertz CT molecular complexity index is 123. The molecule has 0 fully saturated rings. The fourth-order valence-corrected chi connectivity index (χ4v) is 0.912. The van der Waals surface area contributed by atoms with Crippen LogP contribution >= 0.6 is 0 Å². The zero-order valence-corrected chi connectivity index (χ0v) is 7.47. The quantitative estimate of drug-likeness (QED) is 0.656. The van der Waals surface area contributed by atoms with Gasteiger partial charge in [0.1, 0.15) is 5.78 Å². The Kier molecular flexibility index (Phi) is 5.12. The fourth-order valence-electron chi connectivity index (χ4n) is 0.912. The summed E-state index contributed by atoms with van der Waals surface area (Å²) in [7, 11) is 0. The molecule has 0 bridgehead atoms. The van der Waals surface area contributed by atoms with Crippen LogP contribution in [0.25, 0.3) is 0 Å². The molecule has 0 saturated heterocycles. The van der Waals surface area contributed by atoms with Gasteiger partial charge in [-0.15, -0.1) is 0 Å². The van der Waals surface area contributed by atoms with E-state index in [0.29, 0.717) is 18.8 Å². The molecule has 0 amide bonds. The number of hydrogen-bond acceptors (Lipinski definition) is 2. The van der Waals surface area contributed by atoms with Crippen molar-refractivity contribution < 1.29 is 4.79 Å². The van der Waals surface area contributed by atoms with Crippen LogP contribution in [-0.4, -0.2) is 11.8 Å². The number of Topliss-reactive ketones (excluding diaryl/α,β-unsaturated/α-hetero) is 1. The zero-order chi connectivity index (χ0) is 8.85. The molecule has 0 aromatic rings. The van der Waals surface area contributed by atoms with Crippen molar-refractivity contribution in [3.8, 4) is 0 Å². The average Bonchev–Trinajstić information content (AvgIpc) is 2.02. The van der Waals surface area contributed by atoms with Crippen molar-refractivity contribution in [1.82, 2.24) is 0 Å². The van der Waals surface area contributed by atoms with Gasteiger partial charge in [-0.2, -0.15) is 0 Å². The molecule has 0 spiro atoms. The van der Waals surface area contributed by atoms with E-state index in [1.165, 1.54) is 0 Å². The van der Waals surface area contributed by atoms with Crippen LogP contribution in [0.1, 0.15) is 33.1 Å². The molecule has 2 atom stereocenters. The lowest BCUT2D eigenvalue weighted by Gasteiger charge is -2.16. The average molecular weight is 156 g/mol. The summed E-state index contributed by atoms with van der Waals surface area (Å²) < 4.78 is 0. The summed E-state index contributed by atoms with van der Waals surface area (Å²) in [6, 6.07) is -0.276. The van der Waals surface area contributed by atoms with Crippen molar-refractivity contribution in [1.29, 1.82) is 0 Å². The summed E-state index contributed by atoms with van der Waals surface area (Å²) in [6.45, 7) is 7.67. The summed E-state index contributed by atoms with van der Waals surface area (Å²) in [5, 5.41) is 0. The molecule has 0 unspecified atom stereocenters. The molecule has 0 heterocycles. The number of rotatable bonds is 5. The number of carbonyl (C=O) groups excluding carboxylic acids is 1. The summed E-state index contributed by atoms with van der Waals surface area (Å²) in [4.78, 5) is 11.2. The molecule has 0 aromatic carbocycles. The number of carbonyl (C=O) groups is 1. The van der Waals surface area contributed by atoms with E-state index in [9.17, 15) is 4.79 Å². The lowest BCUT2D eigenvalue weighted by atomic mass is 9.94. The van der Waals surface area contributed by atoms with Gasteiger partial charge in [-0.1, -0.05) is 27.2 Å². The second-order valence-corrected chi connectivity index (χ2v) is 2.98. The first-order chi connectivity index (χ1) is 5.13. The minimum Gasteiger partial charge on any atom is -0.321 e. The zero-order valence-electron chi connectivity index (χ0n) is 7.47. The molecule has 2 nitrogen and oxygen atoms in total. The van der Waals surface area contributed by atoms with Crippen LogP contribution in [0, 0.1) is 12.8 Å². The summed E-state index contributed by atoms with van der Waals surface area (Å²) in [5.41, 5.74) is 5.68. The van der Waals surface area contributed by atoms with Crippen LogP contribution in [0.4, 0.5) is 0 Å². The van der Waals surface area contributed by atoms with E-state index in [4.69, 9.17) is 5.73 Å². The molecule has 2 N–H and O–H groups in total. The van der Waals surface area contributed by atoms with Crippen molar-refractivity contribution in [3.05, 3.63) is 6.92 Å². The Morgan fingerprint density at radius 3 is 2.55 bits per heavy atom. The highest BCUT2D eigenvalue weighted by Crippen LogP contribution is 2.08. The molecular weight excluding hydrogens is 138 g/mol. The van der Waals surface area contributed by atoms with E-state index in [2.05, 4.69) is 6.92 Å². The summed E-state index contributed by atoms with van der Waals surface area (Å²) >= 11 is 0. The third kappa shape index (κ3) is 3.51. The Labute approximate surface area is 69.2 Å². The van der Waals surface area contributed by atoms with Gasteiger partial charge in [0.2, 0.25) is 0 Å². The minimum absolute atomic E-state index is 0.148. The van der Waals surface area contributed by atoms with Crippen LogP contribution in [-0.2, 0) is 4.79 Å². The van der Waals surface area contributed by atoms with Gasteiger partial charge in [0, 0.05) is 6.42 Å². The predicted octanol–water partition coefficient (Wildman–Crippen LogP) is 1.54. The van der Waals surface area contributed by atoms with E-state index in [-0.39, 0.29) is 11.8 Å². The third-order valence-electron chi connectivity index (χ3n) is 2.05. The molecule has 0 aliphatic carbocycles. The van der Waals surface area contributed by atoms with E-state index >= 15 is 0 Å². The minimum atomic E-state index is -0.276. The second kappa shape index (κ2) is 5.30. The van der Waals surface area contributed by atoms with Gasteiger partial charge >= 0.3 is 0 Å². The SMILES string of the molecule is [CH2]CCC(=O)[C@@H](N)[C@@H](C)CC. The Balaban J connectivity index is 3.80. The molecule has 11 heavy (non-hydrogen) atoms. The highest BCUT2D eigenvalue weighted by atomic mass is 16.1. The van der Waals surface area contributed by atoms with Gasteiger partial charge in [0.15, 0.2) is 0 Å². The van der Waals surface area contributed by atoms with Crippen LogP contribution in [0.5, 0.6) is 0 Å². The molecule has 0 saturated carbocycles. The van der Waals surface area contributed by atoms with Gasteiger partial charge in [0.05, 0.1) is 6.04 Å². The van der Waals surface area contributed by atoms with Crippen molar-refractivity contribution >= 4 is 5.78 Å². The Morgan fingerprint density at radius 1 is 1.64 bits per heavy atom. The molecule has 0 aromatic heterocycles. The molecule has 0 rings (SSSR count). The normalized spacial score (nSPS) is 16.0. The fraction of sp³-hybridized carbons (Fsp3) is 0.778. The first kappa shape index (κ1) is 10.6. The predicted molar refractivity (Wildman–Crippen MR) is 47.0 cm³/mol. The number of ketones is 1. The van der Waals surface area contributed by atoms with Gasteiger partial charge in [-0.05, 0) is 12.3 Å². The number of hydrogen-bond donors (Lipinski definition) is 1. The van der Waals surface area contributed by atoms with E-state index in [1.807, 2.05) is 13.8 Å². The Hall–Kier alpha value is -0.370. The van der Waals surface area contributed by atoms with Gasteiger partial charge in [-0.3, -0.25) is 4.79 Å². The maximum absolute atomic E-state index is 11.2. The maximum atomic E-state index is 11.2.